The Morgan fingerprint density at radius 1 is 1.22 bits per heavy atom. The predicted molar refractivity (Wildman–Crippen MR) is 62.2 cm³/mol. The number of morpholine rings is 1. The van der Waals surface area contributed by atoms with Crippen molar-refractivity contribution in [2.75, 3.05) is 26.3 Å². The van der Waals surface area contributed by atoms with Gasteiger partial charge in [-0.15, -0.1) is 0 Å². The minimum absolute atomic E-state index is 0.0200. The topological polar surface area (TPSA) is 76.1 Å². The highest BCUT2D eigenvalue weighted by Crippen LogP contribution is 2.17. The van der Waals surface area contributed by atoms with Crippen molar-refractivity contribution in [3.05, 3.63) is 0 Å². The molecule has 6 heteroatoms. The van der Waals surface area contributed by atoms with Crippen molar-refractivity contribution in [3.8, 4) is 0 Å². The molecule has 6 nitrogen and oxygen atoms in total. The summed E-state index contributed by atoms with van der Waals surface area (Å²) >= 11 is 0. The van der Waals surface area contributed by atoms with Crippen molar-refractivity contribution in [3.63, 3.8) is 0 Å². The van der Waals surface area contributed by atoms with Gasteiger partial charge in [0.2, 0.25) is 0 Å². The second kappa shape index (κ2) is 6.15. The van der Waals surface area contributed by atoms with Crippen molar-refractivity contribution in [1.82, 2.24) is 4.90 Å². The van der Waals surface area contributed by atoms with Gasteiger partial charge in [-0.2, -0.15) is 0 Å². The first-order chi connectivity index (χ1) is 8.66. The zero-order valence-electron chi connectivity index (χ0n) is 10.3. The molecule has 0 saturated carbocycles. The van der Waals surface area contributed by atoms with E-state index in [1.54, 1.807) is 4.90 Å². The van der Waals surface area contributed by atoms with Gasteiger partial charge in [0, 0.05) is 19.7 Å². The molecule has 2 saturated heterocycles. The molecule has 2 heterocycles. The van der Waals surface area contributed by atoms with Gasteiger partial charge < -0.3 is 19.5 Å². The smallest absolute Gasteiger partial charge is 0.306 e. The first-order valence-corrected chi connectivity index (χ1v) is 6.40. The van der Waals surface area contributed by atoms with Crippen LogP contribution in [0, 0.1) is 0 Å². The van der Waals surface area contributed by atoms with Crippen LogP contribution in [-0.4, -0.2) is 60.4 Å². The van der Waals surface area contributed by atoms with E-state index < -0.39 is 12.1 Å². The molecular formula is C12H19NO5. The molecule has 1 N–H and O–H groups in total. The summed E-state index contributed by atoms with van der Waals surface area (Å²) in [7, 11) is 0. The van der Waals surface area contributed by atoms with E-state index >= 15 is 0 Å². The Morgan fingerprint density at radius 2 is 2.06 bits per heavy atom. The quantitative estimate of drug-likeness (QED) is 0.784. The van der Waals surface area contributed by atoms with E-state index in [0.717, 1.165) is 19.3 Å². The fourth-order valence-electron chi connectivity index (χ4n) is 2.38. The van der Waals surface area contributed by atoms with Crippen LogP contribution < -0.4 is 0 Å². The number of carboxylic acids is 1. The SMILES string of the molecule is O=C(O)C[C@H]1CN(C(=O)[C@H]2CCCCO2)CCO1. The second-order valence-corrected chi connectivity index (χ2v) is 4.73. The Morgan fingerprint density at radius 3 is 2.72 bits per heavy atom. The predicted octanol–water partition coefficient (Wildman–Crippen LogP) is 0.258. The highest BCUT2D eigenvalue weighted by atomic mass is 16.5. The minimum Gasteiger partial charge on any atom is -0.481 e. The van der Waals surface area contributed by atoms with E-state index in [4.69, 9.17) is 14.6 Å². The molecule has 2 aliphatic rings. The van der Waals surface area contributed by atoms with Crippen LogP contribution in [0.25, 0.3) is 0 Å². The third-order valence-corrected chi connectivity index (χ3v) is 3.31. The van der Waals surface area contributed by atoms with Gasteiger partial charge in [0.25, 0.3) is 5.91 Å². The van der Waals surface area contributed by atoms with Crippen LogP contribution in [-0.2, 0) is 19.1 Å². The average molecular weight is 257 g/mol. The number of ether oxygens (including phenoxy) is 2. The summed E-state index contributed by atoms with van der Waals surface area (Å²) in [4.78, 5) is 24.5. The number of carbonyl (C=O) groups excluding carboxylic acids is 1. The van der Waals surface area contributed by atoms with Crippen LogP contribution in [0.5, 0.6) is 0 Å². The maximum Gasteiger partial charge on any atom is 0.306 e. The van der Waals surface area contributed by atoms with Crippen LogP contribution in [0.4, 0.5) is 0 Å². The third kappa shape index (κ3) is 3.43. The van der Waals surface area contributed by atoms with Crippen molar-refractivity contribution in [2.45, 2.75) is 37.9 Å². The molecule has 0 spiro atoms. The number of carbonyl (C=O) groups is 2. The molecule has 0 unspecified atom stereocenters. The van der Waals surface area contributed by atoms with E-state index in [1.165, 1.54) is 0 Å². The highest BCUT2D eigenvalue weighted by molar-refractivity contribution is 5.81. The van der Waals surface area contributed by atoms with E-state index in [9.17, 15) is 9.59 Å². The molecule has 2 rings (SSSR count). The Balaban J connectivity index is 1.87. The summed E-state index contributed by atoms with van der Waals surface area (Å²) in [5, 5.41) is 8.73. The average Bonchev–Trinajstić information content (AvgIpc) is 2.38. The molecular weight excluding hydrogens is 238 g/mol. The summed E-state index contributed by atoms with van der Waals surface area (Å²) in [6.07, 6.45) is 1.98. The molecule has 1 amide bonds. The molecule has 0 aromatic rings. The molecule has 0 aliphatic carbocycles. The van der Waals surface area contributed by atoms with E-state index in [0.29, 0.717) is 26.3 Å². The van der Waals surface area contributed by atoms with Gasteiger partial charge in [-0.05, 0) is 19.3 Å². The number of rotatable bonds is 3. The molecule has 0 aromatic heterocycles. The number of amides is 1. The Labute approximate surface area is 106 Å². The molecule has 0 aromatic carbocycles. The lowest BCUT2D eigenvalue weighted by molar-refractivity contribution is -0.157. The van der Waals surface area contributed by atoms with Crippen molar-refractivity contribution < 1.29 is 24.2 Å². The fourth-order valence-corrected chi connectivity index (χ4v) is 2.38. The van der Waals surface area contributed by atoms with Gasteiger partial charge in [-0.3, -0.25) is 9.59 Å². The monoisotopic (exact) mass is 257 g/mol. The molecule has 102 valence electrons. The lowest BCUT2D eigenvalue weighted by Gasteiger charge is -2.35. The van der Waals surface area contributed by atoms with Crippen molar-refractivity contribution in [1.29, 1.82) is 0 Å². The first-order valence-electron chi connectivity index (χ1n) is 6.40. The number of carboxylic acid groups (broad SMARTS) is 1. The van der Waals surface area contributed by atoms with Crippen LogP contribution in [0.1, 0.15) is 25.7 Å². The maximum absolute atomic E-state index is 12.2. The molecule has 2 aliphatic heterocycles. The normalized spacial score (nSPS) is 29.0. The Bertz CT molecular complexity index is 314. The molecule has 0 bridgehead atoms. The number of hydrogen-bond donors (Lipinski definition) is 1. The maximum atomic E-state index is 12.2. The van der Waals surface area contributed by atoms with E-state index in [2.05, 4.69) is 0 Å². The molecule has 0 radical (unpaired) electrons. The first kappa shape index (κ1) is 13.3. The fraction of sp³-hybridized carbons (Fsp3) is 0.833. The van der Waals surface area contributed by atoms with E-state index in [1.807, 2.05) is 0 Å². The summed E-state index contributed by atoms with van der Waals surface area (Å²) in [5.74, 6) is -0.920. The van der Waals surface area contributed by atoms with Crippen LogP contribution >= 0.6 is 0 Å². The highest BCUT2D eigenvalue weighted by Gasteiger charge is 2.31. The summed E-state index contributed by atoms with van der Waals surface area (Å²) in [5.41, 5.74) is 0. The largest absolute Gasteiger partial charge is 0.481 e. The van der Waals surface area contributed by atoms with Gasteiger partial charge in [0.15, 0.2) is 0 Å². The molecule has 2 fully saturated rings. The summed E-state index contributed by atoms with van der Waals surface area (Å²) < 4.78 is 10.8. The zero-order valence-corrected chi connectivity index (χ0v) is 10.3. The van der Waals surface area contributed by atoms with Crippen LogP contribution in [0.2, 0.25) is 0 Å². The number of nitrogens with zero attached hydrogens (tertiary/aromatic N) is 1. The number of hydrogen-bond acceptors (Lipinski definition) is 4. The minimum atomic E-state index is -0.900. The Hall–Kier alpha value is -1.14. The lowest BCUT2D eigenvalue weighted by Crippen LogP contribution is -2.50. The molecule has 2 atom stereocenters. The second-order valence-electron chi connectivity index (χ2n) is 4.73. The van der Waals surface area contributed by atoms with Gasteiger partial charge in [-0.1, -0.05) is 0 Å². The van der Waals surface area contributed by atoms with Crippen LogP contribution in [0.15, 0.2) is 0 Å². The molecule has 18 heavy (non-hydrogen) atoms. The van der Waals surface area contributed by atoms with Crippen molar-refractivity contribution in [2.24, 2.45) is 0 Å². The van der Waals surface area contributed by atoms with Gasteiger partial charge in [-0.25, -0.2) is 0 Å². The van der Waals surface area contributed by atoms with Gasteiger partial charge in [0.1, 0.15) is 6.10 Å². The summed E-state index contributed by atoms with van der Waals surface area (Å²) in [6, 6.07) is 0. The third-order valence-electron chi connectivity index (χ3n) is 3.31. The standard InChI is InChI=1S/C12H19NO5/c14-11(15)7-9-8-13(4-6-17-9)12(16)10-3-1-2-5-18-10/h9-10H,1-8H2,(H,14,15)/t9-,10+/m0/s1. The van der Waals surface area contributed by atoms with Gasteiger partial charge in [0.05, 0.1) is 19.1 Å². The van der Waals surface area contributed by atoms with Crippen molar-refractivity contribution >= 4 is 11.9 Å². The zero-order chi connectivity index (χ0) is 13.0. The van der Waals surface area contributed by atoms with Crippen LogP contribution in [0.3, 0.4) is 0 Å². The number of aliphatic carboxylic acids is 1. The van der Waals surface area contributed by atoms with Gasteiger partial charge >= 0.3 is 5.97 Å². The Kier molecular flexibility index (Phi) is 4.54. The van der Waals surface area contributed by atoms with E-state index in [-0.39, 0.29) is 18.4 Å². The lowest BCUT2D eigenvalue weighted by atomic mass is 10.1. The summed E-state index contributed by atoms with van der Waals surface area (Å²) in [6.45, 7) is 1.91.